The lowest BCUT2D eigenvalue weighted by atomic mass is 10.2. The van der Waals surface area contributed by atoms with Gasteiger partial charge in [0.1, 0.15) is 5.82 Å². The first-order valence-corrected chi connectivity index (χ1v) is 6.30. The number of pyridine rings is 1. The molecule has 1 aliphatic rings. The van der Waals surface area contributed by atoms with Crippen molar-refractivity contribution in [3.8, 4) is 0 Å². The minimum Gasteiger partial charge on any atom is -0.395 e. The van der Waals surface area contributed by atoms with Crippen molar-refractivity contribution < 1.29 is 5.11 Å². The molecule has 1 fully saturated rings. The minimum atomic E-state index is 0.161. The van der Waals surface area contributed by atoms with E-state index in [1.807, 2.05) is 12.1 Å². The van der Waals surface area contributed by atoms with Gasteiger partial charge in [0.15, 0.2) is 0 Å². The minimum absolute atomic E-state index is 0.161. The van der Waals surface area contributed by atoms with E-state index in [-0.39, 0.29) is 6.61 Å². The zero-order chi connectivity index (χ0) is 11.4. The summed E-state index contributed by atoms with van der Waals surface area (Å²) in [5, 5.41) is 12.4. The Morgan fingerprint density at radius 1 is 1.56 bits per heavy atom. The first-order valence-electron chi connectivity index (χ1n) is 5.51. The largest absolute Gasteiger partial charge is 0.395 e. The third kappa shape index (κ3) is 2.72. The monoisotopic (exact) mass is 285 g/mol. The van der Waals surface area contributed by atoms with Gasteiger partial charge in [-0.3, -0.25) is 0 Å². The average molecular weight is 286 g/mol. The van der Waals surface area contributed by atoms with E-state index in [9.17, 15) is 0 Å². The van der Waals surface area contributed by atoms with Gasteiger partial charge in [0, 0.05) is 29.8 Å². The van der Waals surface area contributed by atoms with Crippen molar-refractivity contribution in [2.75, 3.05) is 31.1 Å². The highest BCUT2D eigenvalue weighted by atomic mass is 79.9. The number of aromatic nitrogens is 1. The number of anilines is 1. The summed E-state index contributed by atoms with van der Waals surface area (Å²) in [4.78, 5) is 6.56. The van der Waals surface area contributed by atoms with Gasteiger partial charge in [-0.05, 0) is 41.0 Å². The van der Waals surface area contributed by atoms with Crippen molar-refractivity contribution in [1.29, 1.82) is 0 Å². The van der Waals surface area contributed by atoms with Gasteiger partial charge in [-0.2, -0.15) is 0 Å². The van der Waals surface area contributed by atoms with Gasteiger partial charge in [0.25, 0.3) is 0 Å². The summed E-state index contributed by atoms with van der Waals surface area (Å²) in [6.45, 7) is 2.82. The summed E-state index contributed by atoms with van der Waals surface area (Å²) in [5.41, 5.74) is 0. The van der Waals surface area contributed by atoms with Crippen LogP contribution in [-0.2, 0) is 0 Å². The summed E-state index contributed by atoms with van der Waals surface area (Å²) in [5.74, 6) is 0.936. The Labute approximate surface area is 104 Å². The molecule has 88 valence electrons. The van der Waals surface area contributed by atoms with Gasteiger partial charge in [-0.15, -0.1) is 0 Å². The van der Waals surface area contributed by atoms with Crippen LogP contribution in [0, 0.1) is 0 Å². The van der Waals surface area contributed by atoms with E-state index in [0.717, 1.165) is 29.8 Å². The normalized spacial score (nSPS) is 20.0. The standard InChI is InChI=1S/C11H16BrN3O/c12-9-1-2-11(14-7-9)15(5-6-16)10-3-4-13-8-10/h1-2,7,10,13,16H,3-6,8H2/t10-/m1/s1. The van der Waals surface area contributed by atoms with E-state index in [2.05, 4.69) is 31.1 Å². The van der Waals surface area contributed by atoms with Crippen molar-refractivity contribution in [3.63, 3.8) is 0 Å². The Bertz CT molecular complexity index is 325. The molecular formula is C11H16BrN3O. The van der Waals surface area contributed by atoms with Gasteiger partial charge in [-0.1, -0.05) is 0 Å². The second-order valence-electron chi connectivity index (χ2n) is 3.90. The fraction of sp³-hybridized carbons (Fsp3) is 0.545. The highest BCUT2D eigenvalue weighted by Gasteiger charge is 2.22. The molecule has 0 amide bonds. The zero-order valence-electron chi connectivity index (χ0n) is 9.06. The Hall–Kier alpha value is -0.650. The highest BCUT2D eigenvalue weighted by Crippen LogP contribution is 2.19. The first-order chi connectivity index (χ1) is 7.81. The second kappa shape index (κ2) is 5.61. The molecule has 0 aromatic carbocycles. The summed E-state index contributed by atoms with van der Waals surface area (Å²) in [6.07, 6.45) is 2.90. The molecule has 0 aliphatic carbocycles. The SMILES string of the molecule is OCCN(c1ccc(Br)cn1)[C@@H]1CCNC1. The van der Waals surface area contributed by atoms with E-state index < -0.39 is 0 Å². The van der Waals surface area contributed by atoms with Crippen LogP contribution in [0.4, 0.5) is 5.82 Å². The van der Waals surface area contributed by atoms with Crippen molar-refractivity contribution in [2.45, 2.75) is 12.5 Å². The van der Waals surface area contributed by atoms with Crippen LogP contribution in [0.2, 0.25) is 0 Å². The van der Waals surface area contributed by atoms with Crippen LogP contribution in [-0.4, -0.2) is 42.4 Å². The van der Waals surface area contributed by atoms with Crippen LogP contribution in [0.5, 0.6) is 0 Å². The maximum absolute atomic E-state index is 9.11. The molecule has 4 nitrogen and oxygen atoms in total. The van der Waals surface area contributed by atoms with Crippen LogP contribution in [0.3, 0.4) is 0 Å². The summed E-state index contributed by atoms with van der Waals surface area (Å²) in [7, 11) is 0. The maximum Gasteiger partial charge on any atom is 0.128 e. The van der Waals surface area contributed by atoms with Gasteiger partial charge in [-0.25, -0.2) is 4.98 Å². The lowest BCUT2D eigenvalue weighted by molar-refractivity contribution is 0.297. The Balaban J connectivity index is 2.14. The quantitative estimate of drug-likeness (QED) is 0.867. The number of rotatable bonds is 4. The Kier molecular flexibility index (Phi) is 4.15. The summed E-state index contributed by atoms with van der Waals surface area (Å²) >= 11 is 3.37. The van der Waals surface area contributed by atoms with E-state index in [1.54, 1.807) is 6.20 Å². The van der Waals surface area contributed by atoms with Crippen LogP contribution in [0.25, 0.3) is 0 Å². The van der Waals surface area contributed by atoms with E-state index in [4.69, 9.17) is 5.11 Å². The molecule has 0 unspecified atom stereocenters. The maximum atomic E-state index is 9.11. The number of aliphatic hydroxyl groups excluding tert-OH is 1. The zero-order valence-corrected chi connectivity index (χ0v) is 10.7. The molecule has 0 bridgehead atoms. The Morgan fingerprint density at radius 2 is 2.44 bits per heavy atom. The lowest BCUT2D eigenvalue weighted by Gasteiger charge is -2.28. The number of nitrogens with one attached hydrogen (secondary N) is 1. The van der Waals surface area contributed by atoms with E-state index in [1.165, 1.54) is 0 Å². The van der Waals surface area contributed by atoms with E-state index in [0.29, 0.717) is 12.6 Å². The van der Waals surface area contributed by atoms with Crippen molar-refractivity contribution in [2.24, 2.45) is 0 Å². The van der Waals surface area contributed by atoms with Gasteiger partial charge in [0.2, 0.25) is 0 Å². The number of aliphatic hydroxyl groups is 1. The molecule has 0 saturated carbocycles. The fourth-order valence-corrected chi connectivity index (χ4v) is 2.27. The lowest BCUT2D eigenvalue weighted by Crippen LogP contribution is -2.39. The number of hydrogen-bond acceptors (Lipinski definition) is 4. The molecule has 1 aromatic heterocycles. The average Bonchev–Trinajstić information content (AvgIpc) is 2.81. The molecule has 2 heterocycles. The molecule has 16 heavy (non-hydrogen) atoms. The van der Waals surface area contributed by atoms with Crippen molar-refractivity contribution >= 4 is 21.7 Å². The molecule has 1 aliphatic heterocycles. The first kappa shape index (κ1) is 11.8. The van der Waals surface area contributed by atoms with Gasteiger partial charge in [0.05, 0.1) is 6.61 Å². The smallest absolute Gasteiger partial charge is 0.128 e. The molecule has 1 aromatic rings. The molecule has 2 rings (SSSR count). The third-order valence-corrected chi connectivity index (χ3v) is 3.29. The molecule has 1 saturated heterocycles. The molecule has 5 heteroatoms. The molecular weight excluding hydrogens is 270 g/mol. The molecule has 1 atom stereocenters. The van der Waals surface area contributed by atoms with Gasteiger partial charge < -0.3 is 15.3 Å². The van der Waals surface area contributed by atoms with Crippen LogP contribution in [0.1, 0.15) is 6.42 Å². The summed E-state index contributed by atoms with van der Waals surface area (Å²) in [6, 6.07) is 4.41. The van der Waals surface area contributed by atoms with Crippen molar-refractivity contribution in [1.82, 2.24) is 10.3 Å². The summed E-state index contributed by atoms with van der Waals surface area (Å²) < 4.78 is 0.977. The van der Waals surface area contributed by atoms with Crippen LogP contribution in [0.15, 0.2) is 22.8 Å². The number of halogens is 1. The molecule has 2 N–H and O–H groups in total. The molecule has 0 radical (unpaired) electrons. The van der Waals surface area contributed by atoms with Crippen LogP contribution >= 0.6 is 15.9 Å². The third-order valence-electron chi connectivity index (χ3n) is 2.82. The van der Waals surface area contributed by atoms with Crippen molar-refractivity contribution in [3.05, 3.63) is 22.8 Å². The predicted octanol–water partition coefficient (Wildman–Crippen LogP) is 1.00. The van der Waals surface area contributed by atoms with Crippen LogP contribution < -0.4 is 10.2 Å². The molecule has 0 spiro atoms. The number of hydrogen-bond donors (Lipinski definition) is 2. The highest BCUT2D eigenvalue weighted by molar-refractivity contribution is 9.10. The number of nitrogens with zero attached hydrogens (tertiary/aromatic N) is 2. The second-order valence-corrected chi connectivity index (χ2v) is 4.81. The topological polar surface area (TPSA) is 48.4 Å². The van der Waals surface area contributed by atoms with E-state index >= 15 is 0 Å². The van der Waals surface area contributed by atoms with Gasteiger partial charge >= 0.3 is 0 Å². The Morgan fingerprint density at radius 3 is 3.00 bits per heavy atom. The predicted molar refractivity (Wildman–Crippen MR) is 67.6 cm³/mol. The fourth-order valence-electron chi connectivity index (χ4n) is 2.04.